The van der Waals surface area contributed by atoms with E-state index in [1.165, 1.54) is 17.2 Å². The van der Waals surface area contributed by atoms with Gasteiger partial charge in [0.05, 0.1) is 11.8 Å². The molecule has 1 fully saturated rings. The number of benzene rings is 1. The zero-order valence-electron chi connectivity index (χ0n) is 17.9. The Morgan fingerprint density at radius 2 is 2.00 bits per heavy atom. The molecule has 0 bridgehead atoms. The molecule has 7 nitrogen and oxygen atoms in total. The first-order valence-corrected chi connectivity index (χ1v) is 11.2. The van der Waals surface area contributed by atoms with Crippen molar-refractivity contribution in [2.24, 2.45) is 5.92 Å². The van der Waals surface area contributed by atoms with Gasteiger partial charge in [-0.05, 0) is 48.5 Å². The van der Waals surface area contributed by atoms with E-state index in [9.17, 15) is 4.79 Å². The lowest BCUT2D eigenvalue weighted by Crippen LogP contribution is -2.43. The number of nitrogens with one attached hydrogen (secondary N) is 3. The Labute approximate surface area is 182 Å². The highest BCUT2D eigenvalue weighted by atomic mass is 32.1. The lowest BCUT2D eigenvalue weighted by molar-refractivity contribution is -0.121. The molecule has 3 rings (SSSR count). The van der Waals surface area contributed by atoms with Gasteiger partial charge in [-0.3, -0.25) is 4.79 Å². The van der Waals surface area contributed by atoms with Crippen LogP contribution < -0.4 is 20.9 Å². The quantitative estimate of drug-likeness (QED) is 0.562. The number of nitriles is 1. The second-order valence-corrected chi connectivity index (χ2v) is 8.73. The fraction of sp³-hybridized carbons (Fsp3) is 0.500. The summed E-state index contributed by atoms with van der Waals surface area (Å²) in [6.07, 6.45) is 0.676. The second kappa shape index (κ2) is 10.4. The smallest absolute Gasteiger partial charge is 0.243 e. The number of piperazine rings is 1. The van der Waals surface area contributed by atoms with E-state index in [1.54, 1.807) is 0 Å². The van der Waals surface area contributed by atoms with Crippen molar-refractivity contribution in [1.82, 2.24) is 15.0 Å². The van der Waals surface area contributed by atoms with Crippen LogP contribution in [0, 0.1) is 24.2 Å². The average Bonchev–Trinajstić information content (AvgIpc) is 3.12. The van der Waals surface area contributed by atoms with Crippen molar-refractivity contribution in [3.05, 3.63) is 30.0 Å². The highest BCUT2D eigenvalue weighted by Gasteiger charge is 2.23. The van der Waals surface area contributed by atoms with Gasteiger partial charge in [-0.15, -0.1) is 0 Å². The van der Waals surface area contributed by atoms with Crippen molar-refractivity contribution in [2.75, 3.05) is 42.9 Å². The molecule has 0 spiro atoms. The maximum Gasteiger partial charge on any atom is 0.243 e. The maximum atomic E-state index is 12.6. The first-order chi connectivity index (χ1) is 14.5. The zero-order chi connectivity index (χ0) is 21.5. The van der Waals surface area contributed by atoms with E-state index >= 15 is 0 Å². The van der Waals surface area contributed by atoms with Crippen LogP contribution in [-0.2, 0) is 4.79 Å². The molecule has 0 aliphatic carbocycles. The fourth-order valence-corrected chi connectivity index (χ4v) is 4.55. The first kappa shape index (κ1) is 22.1. The van der Waals surface area contributed by atoms with E-state index in [0.717, 1.165) is 48.0 Å². The molecular formula is C22H30N6OS. The highest BCUT2D eigenvalue weighted by Crippen LogP contribution is 2.36. The minimum Gasteiger partial charge on any atom is -0.369 e. The summed E-state index contributed by atoms with van der Waals surface area (Å²) in [4.78, 5) is 15.0. The molecule has 3 N–H and O–H groups in total. The van der Waals surface area contributed by atoms with E-state index in [1.807, 2.05) is 13.0 Å². The molecule has 1 unspecified atom stereocenters. The van der Waals surface area contributed by atoms with Gasteiger partial charge in [0.15, 0.2) is 0 Å². The van der Waals surface area contributed by atoms with Crippen LogP contribution in [0.2, 0.25) is 0 Å². The number of aromatic nitrogens is 1. The third-order valence-corrected chi connectivity index (χ3v) is 6.04. The molecule has 30 heavy (non-hydrogen) atoms. The SMILES string of the molecule is Cc1nsc(NC(CC(C)C)C(=O)NCC#N)c1-c1ccc(N2CCNCC2)cc1. The monoisotopic (exact) mass is 426 g/mol. The van der Waals surface area contributed by atoms with Crippen molar-refractivity contribution in [3.63, 3.8) is 0 Å². The summed E-state index contributed by atoms with van der Waals surface area (Å²) in [7, 11) is 0. The molecule has 1 amide bonds. The highest BCUT2D eigenvalue weighted by molar-refractivity contribution is 7.11. The number of nitrogens with zero attached hydrogens (tertiary/aromatic N) is 3. The largest absolute Gasteiger partial charge is 0.369 e. The van der Waals surface area contributed by atoms with E-state index in [0.29, 0.717) is 12.3 Å². The van der Waals surface area contributed by atoms with Crippen LogP contribution in [0.4, 0.5) is 10.7 Å². The molecule has 2 heterocycles. The van der Waals surface area contributed by atoms with Crippen LogP contribution in [-0.4, -0.2) is 49.0 Å². The predicted octanol–water partition coefficient (Wildman–Crippen LogP) is 2.99. The van der Waals surface area contributed by atoms with Gasteiger partial charge in [-0.1, -0.05) is 26.0 Å². The van der Waals surface area contributed by atoms with Crippen molar-refractivity contribution in [3.8, 4) is 17.2 Å². The summed E-state index contributed by atoms with van der Waals surface area (Å²) in [5.41, 5.74) is 4.29. The van der Waals surface area contributed by atoms with Gasteiger partial charge in [0.1, 0.15) is 17.6 Å². The molecule has 0 radical (unpaired) electrons. The third-order valence-electron chi connectivity index (χ3n) is 5.17. The predicted molar refractivity (Wildman–Crippen MR) is 123 cm³/mol. The summed E-state index contributed by atoms with van der Waals surface area (Å²) in [5, 5.41) is 19.1. The van der Waals surface area contributed by atoms with E-state index in [-0.39, 0.29) is 12.5 Å². The van der Waals surface area contributed by atoms with Gasteiger partial charge in [0, 0.05) is 37.4 Å². The molecule has 1 aromatic heterocycles. The van der Waals surface area contributed by atoms with Crippen molar-refractivity contribution >= 4 is 28.1 Å². The molecular weight excluding hydrogens is 396 g/mol. The number of anilines is 2. The Bertz CT molecular complexity index is 880. The molecule has 2 aromatic rings. The molecule has 0 saturated carbocycles. The molecule has 1 saturated heterocycles. The Morgan fingerprint density at radius 1 is 1.30 bits per heavy atom. The fourth-order valence-electron chi connectivity index (χ4n) is 3.68. The Kier molecular flexibility index (Phi) is 7.66. The minimum atomic E-state index is -0.405. The van der Waals surface area contributed by atoms with Crippen LogP contribution in [0.1, 0.15) is 26.0 Å². The summed E-state index contributed by atoms with van der Waals surface area (Å²) in [5.74, 6) is 0.183. The van der Waals surface area contributed by atoms with Crippen LogP contribution in [0.3, 0.4) is 0 Å². The van der Waals surface area contributed by atoms with Gasteiger partial charge < -0.3 is 20.9 Å². The van der Waals surface area contributed by atoms with Gasteiger partial charge in [0.25, 0.3) is 0 Å². The zero-order valence-corrected chi connectivity index (χ0v) is 18.7. The summed E-state index contributed by atoms with van der Waals surface area (Å²) < 4.78 is 4.54. The van der Waals surface area contributed by atoms with Gasteiger partial charge >= 0.3 is 0 Å². The lowest BCUT2D eigenvalue weighted by Gasteiger charge is -2.29. The van der Waals surface area contributed by atoms with E-state index in [4.69, 9.17) is 5.26 Å². The molecule has 1 aliphatic heterocycles. The number of carbonyl (C=O) groups excluding carboxylic acids is 1. The molecule has 1 atom stereocenters. The minimum absolute atomic E-state index is 0.0111. The number of hydrogen-bond donors (Lipinski definition) is 3. The molecule has 1 aromatic carbocycles. The standard InChI is InChI=1S/C22H30N6OS/c1-15(2)14-19(21(29)25-9-8-23)26-22-20(16(3)27-30-22)17-4-6-18(7-5-17)28-12-10-24-11-13-28/h4-7,15,19,24,26H,9-14H2,1-3H3,(H,25,29). The third kappa shape index (κ3) is 5.49. The van der Waals surface area contributed by atoms with E-state index in [2.05, 4.69) is 63.3 Å². The van der Waals surface area contributed by atoms with Gasteiger partial charge in [-0.2, -0.15) is 9.64 Å². The number of carbonyl (C=O) groups is 1. The van der Waals surface area contributed by atoms with Crippen LogP contribution in [0.15, 0.2) is 24.3 Å². The number of rotatable bonds is 8. The average molecular weight is 427 g/mol. The van der Waals surface area contributed by atoms with Gasteiger partial charge in [0.2, 0.25) is 5.91 Å². The Morgan fingerprint density at radius 3 is 2.63 bits per heavy atom. The molecule has 8 heteroatoms. The van der Waals surface area contributed by atoms with Crippen LogP contribution in [0.25, 0.3) is 11.1 Å². The second-order valence-electron chi connectivity index (χ2n) is 7.96. The normalized spacial score (nSPS) is 15.0. The Hall–Kier alpha value is -2.63. The maximum absolute atomic E-state index is 12.6. The topological polar surface area (TPSA) is 93.1 Å². The summed E-state index contributed by atoms with van der Waals surface area (Å²) >= 11 is 1.38. The van der Waals surface area contributed by atoms with Crippen molar-refractivity contribution < 1.29 is 4.79 Å². The summed E-state index contributed by atoms with van der Waals surface area (Å²) in [6, 6.07) is 10.1. The number of hydrogen-bond acceptors (Lipinski definition) is 7. The van der Waals surface area contributed by atoms with Crippen LogP contribution in [0.5, 0.6) is 0 Å². The number of amides is 1. The van der Waals surface area contributed by atoms with E-state index < -0.39 is 6.04 Å². The Balaban J connectivity index is 1.81. The molecule has 160 valence electrons. The van der Waals surface area contributed by atoms with Crippen molar-refractivity contribution in [2.45, 2.75) is 33.2 Å². The summed E-state index contributed by atoms with van der Waals surface area (Å²) in [6.45, 7) is 10.2. The number of aryl methyl sites for hydroxylation is 1. The lowest BCUT2D eigenvalue weighted by atomic mass is 10.0. The first-order valence-electron chi connectivity index (χ1n) is 10.4. The van der Waals surface area contributed by atoms with Crippen molar-refractivity contribution in [1.29, 1.82) is 5.26 Å². The van der Waals surface area contributed by atoms with Crippen LogP contribution >= 0.6 is 11.5 Å². The molecule has 1 aliphatic rings. The van der Waals surface area contributed by atoms with Gasteiger partial charge in [-0.25, -0.2) is 0 Å².